The van der Waals surface area contributed by atoms with Gasteiger partial charge in [0.05, 0.1) is 19.0 Å². The van der Waals surface area contributed by atoms with Crippen molar-refractivity contribution in [2.75, 3.05) is 6.61 Å². The van der Waals surface area contributed by atoms with E-state index < -0.39 is 6.61 Å². The van der Waals surface area contributed by atoms with E-state index in [-0.39, 0.29) is 5.75 Å². The van der Waals surface area contributed by atoms with Gasteiger partial charge in [0.25, 0.3) is 0 Å². The van der Waals surface area contributed by atoms with Crippen LogP contribution in [-0.2, 0) is 13.0 Å². The van der Waals surface area contributed by atoms with Gasteiger partial charge in [0.15, 0.2) is 11.5 Å². The standard InChI is InChI=1S/C27H22F2N4O3/c28-27(29)36-22-11-9-21(10-12-22)26-32-31-24-16-30-17-25(33(24)26)34-14-13-19-7-4-8-23(15-19)35-18-20-5-2-1-3-6-20/h1-12,15-17,27H,13-14,18H2. The predicted molar refractivity (Wildman–Crippen MR) is 129 cm³/mol. The number of aromatic nitrogens is 4. The molecule has 9 heteroatoms. The number of nitrogens with zero attached hydrogens (tertiary/aromatic N) is 4. The molecule has 0 bridgehead atoms. The SMILES string of the molecule is FC(F)Oc1ccc(-c2nnc3cncc(OCCc4cccc(OCc5ccccc5)c4)n23)cc1. The number of rotatable bonds is 10. The molecule has 182 valence electrons. The number of benzene rings is 3. The van der Waals surface area contributed by atoms with E-state index in [0.29, 0.717) is 42.5 Å². The second kappa shape index (κ2) is 10.8. The minimum atomic E-state index is -2.88. The summed E-state index contributed by atoms with van der Waals surface area (Å²) in [5.41, 5.74) is 3.35. The van der Waals surface area contributed by atoms with Crippen molar-refractivity contribution < 1.29 is 23.0 Å². The van der Waals surface area contributed by atoms with Crippen LogP contribution in [0.2, 0.25) is 0 Å². The van der Waals surface area contributed by atoms with Gasteiger partial charge in [0.1, 0.15) is 18.1 Å². The molecule has 7 nitrogen and oxygen atoms in total. The first kappa shape index (κ1) is 23.2. The van der Waals surface area contributed by atoms with Gasteiger partial charge in [-0.3, -0.25) is 4.98 Å². The Morgan fingerprint density at radius 1 is 0.778 bits per heavy atom. The molecule has 0 aliphatic rings. The van der Waals surface area contributed by atoms with Crippen molar-refractivity contribution >= 4 is 5.65 Å². The van der Waals surface area contributed by atoms with Gasteiger partial charge in [-0.2, -0.15) is 8.78 Å². The van der Waals surface area contributed by atoms with Crippen molar-refractivity contribution in [1.29, 1.82) is 0 Å². The number of fused-ring (bicyclic) bond motifs is 1. The van der Waals surface area contributed by atoms with Crippen LogP contribution in [0.3, 0.4) is 0 Å². The molecule has 5 rings (SSSR count). The molecule has 0 saturated heterocycles. The molecule has 5 aromatic rings. The molecule has 0 radical (unpaired) electrons. The lowest BCUT2D eigenvalue weighted by Crippen LogP contribution is -2.06. The molecular weight excluding hydrogens is 466 g/mol. The van der Waals surface area contributed by atoms with Crippen LogP contribution in [0.1, 0.15) is 11.1 Å². The van der Waals surface area contributed by atoms with Crippen LogP contribution in [-0.4, -0.2) is 32.8 Å². The highest BCUT2D eigenvalue weighted by Gasteiger charge is 2.14. The molecule has 0 spiro atoms. The minimum absolute atomic E-state index is 0.0655. The van der Waals surface area contributed by atoms with Crippen LogP contribution >= 0.6 is 0 Å². The molecule has 0 aliphatic carbocycles. The molecule has 0 saturated carbocycles. The van der Waals surface area contributed by atoms with Crippen LogP contribution in [0.25, 0.3) is 17.0 Å². The van der Waals surface area contributed by atoms with Gasteiger partial charge in [-0.05, 0) is 47.5 Å². The third kappa shape index (κ3) is 5.57. The quantitative estimate of drug-likeness (QED) is 0.255. The van der Waals surface area contributed by atoms with E-state index in [1.54, 1.807) is 28.9 Å². The molecule has 3 aromatic carbocycles. The Hall–Kier alpha value is -4.53. The predicted octanol–water partition coefficient (Wildman–Crippen LogP) is 5.59. The summed E-state index contributed by atoms with van der Waals surface area (Å²) in [5, 5.41) is 8.38. The van der Waals surface area contributed by atoms with Crippen molar-refractivity contribution in [3.8, 4) is 28.8 Å². The molecule has 0 amide bonds. The van der Waals surface area contributed by atoms with Gasteiger partial charge >= 0.3 is 6.61 Å². The van der Waals surface area contributed by atoms with E-state index in [1.807, 2.05) is 54.6 Å². The summed E-state index contributed by atoms with van der Waals surface area (Å²) in [7, 11) is 0. The maximum atomic E-state index is 12.4. The van der Waals surface area contributed by atoms with Crippen molar-refractivity contribution in [3.63, 3.8) is 0 Å². The monoisotopic (exact) mass is 488 g/mol. The molecule has 0 unspecified atom stereocenters. The highest BCUT2D eigenvalue weighted by Crippen LogP contribution is 2.26. The Bertz CT molecular complexity index is 1430. The highest BCUT2D eigenvalue weighted by atomic mass is 19.3. The van der Waals surface area contributed by atoms with Crippen molar-refractivity contribution in [3.05, 3.63) is 102 Å². The minimum Gasteiger partial charge on any atom is -0.489 e. The summed E-state index contributed by atoms with van der Waals surface area (Å²) < 4.78 is 43.0. The van der Waals surface area contributed by atoms with E-state index in [0.717, 1.165) is 16.9 Å². The summed E-state index contributed by atoms with van der Waals surface area (Å²) >= 11 is 0. The Labute approximate surface area is 205 Å². The largest absolute Gasteiger partial charge is 0.489 e. The second-order valence-corrected chi connectivity index (χ2v) is 7.89. The summed E-state index contributed by atoms with van der Waals surface area (Å²) in [4.78, 5) is 4.19. The molecular formula is C27H22F2N4O3. The first-order valence-electron chi connectivity index (χ1n) is 11.3. The van der Waals surface area contributed by atoms with Gasteiger partial charge in [0.2, 0.25) is 5.88 Å². The van der Waals surface area contributed by atoms with Gasteiger partial charge in [0, 0.05) is 12.0 Å². The Morgan fingerprint density at radius 2 is 1.58 bits per heavy atom. The maximum absolute atomic E-state index is 12.4. The van der Waals surface area contributed by atoms with E-state index in [4.69, 9.17) is 9.47 Å². The summed E-state index contributed by atoms with van der Waals surface area (Å²) in [5.74, 6) is 1.83. The second-order valence-electron chi connectivity index (χ2n) is 7.89. The maximum Gasteiger partial charge on any atom is 0.387 e. The lowest BCUT2D eigenvalue weighted by molar-refractivity contribution is -0.0498. The van der Waals surface area contributed by atoms with Crippen molar-refractivity contribution in [1.82, 2.24) is 19.6 Å². The number of halogens is 2. The lowest BCUT2D eigenvalue weighted by atomic mass is 10.1. The average molecular weight is 488 g/mol. The third-order valence-electron chi connectivity index (χ3n) is 5.41. The normalized spacial score (nSPS) is 11.1. The van der Waals surface area contributed by atoms with Gasteiger partial charge < -0.3 is 14.2 Å². The van der Waals surface area contributed by atoms with Crippen molar-refractivity contribution in [2.24, 2.45) is 0 Å². The van der Waals surface area contributed by atoms with Crippen LogP contribution in [0.4, 0.5) is 8.78 Å². The highest BCUT2D eigenvalue weighted by molar-refractivity contribution is 5.61. The average Bonchev–Trinajstić information content (AvgIpc) is 3.34. The zero-order chi connectivity index (χ0) is 24.7. The third-order valence-corrected chi connectivity index (χ3v) is 5.41. The number of hydrogen-bond acceptors (Lipinski definition) is 6. The Morgan fingerprint density at radius 3 is 2.39 bits per heavy atom. The first-order valence-corrected chi connectivity index (χ1v) is 11.3. The fourth-order valence-corrected chi connectivity index (χ4v) is 3.70. The van der Waals surface area contributed by atoms with E-state index >= 15 is 0 Å². The van der Waals surface area contributed by atoms with Crippen LogP contribution in [0, 0.1) is 0 Å². The van der Waals surface area contributed by atoms with Gasteiger partial charge in [-0.1, -0.05) is 42.5 Å². The number of hydrogen-bond donors (Lipinski definition) is 0. The van der Waals surface area contributed by atoms with Crippen LogP contribution in [0.15, 0.2) is 91.3 Å². The summed E-state index contributed by atoms with van der Waals surface area (Å²) in [6, 6.07) is 24.1. The molecule has 36 heavy (non-hydrogen) atoms. The molecule has 0 fully saturated rings. The number of alkyl halides is 2. The van der Waals surface area contributed by atoms with Gasteiger partial charge in [-0.25, -0.2) is 4.40 Å². The van der Waals surface area contributed by atoms with Crippen LogP contribution in [0.5, 0.6) is 17.4 Å². The van der Waals surface area contributed by atoms with E-state index in [1.165, 1.54) is 12.1 Å². The fraction of sp³-hybridized carbons (Fsp3) is 0.148. The van der Waals surface area contributed by atoms with Crippen molar-refractivity contribution in [2.45, 2.75) is 19.6 Å². The van der Waals surface area contributed by atoms with E-state index in [2.05, 4.69) is 19.9 Å². The van der Waals surface area contributed by atoms with E-state index in [9.17, 15) is 8.78 Å². The molecule has 0 atom stereocenters. The molecule has 2 aromatic heterocycles. The molecule has 2 heterocycles. The van der Waals surface area contributed by atoms with Crippen LogP contribution < -0.4 is 14.2 Å². The zero-order valence-electron chi connectivity index (χ0n) is 19.1. The van der Waals surface area contributed by atoms with Gasteiger partial charge in [-0.15, -0.1) is 10.2 Å². The lowest BCUT2D eigenvalue weighted by Gasteiger charge is -2.11. The molecule has 0 aliphatic heterocycles. The zero-order valence-corrected chi connectivity index (χ0v) is 19.1. The topological polar surface area (TPSA) is 70.8 Å². The number of ether oxygens (including phenoxy) is 3. The summed E-state index contributed by atoms with van der Waals surface area (Å²) in [6.07, 6.45) is 3.81. The first-order chi connectivity index (χ1) is 17.7. The Balaban J connectivity index is 1.26. The smallest absolute Gasteiger partial charge is 0.387 e. The summed E-state index contributed by atoms with van der Waals surface area (Å²) in [6.45, 7) is -1.99. The Kier molecular flexibility index (Phi) is 6.98. The fourth-order valence-electron chi connectivity index (χ4n) is 3.70. The molecule has 0 N–H and O–H groups in total.